The van der Waals surface area contributed by atoms with Crippen LogP contribution < -0.4 is 11.1 Å². The zero-order chi connectivity index (χ0) is 20.9. The van der Waals surface area contributed by atoms with Crippen LogP contribution in [0.5, 0.6) is 0 Å². The Morgan fingerprint density at radius 2 is 2.21 bits per heavy atom. The third-order valence-corrected chi connectivity index (χ3v) is 3.95. The molecule has 2 atom stereocenters. The van der Waals surface area contributed by atoms with E-state index in [1.807, 2.05) is 0 Å². The Morgan fingerprint density at radius 1 is 1.50 bits per heavy atom. The number of nitrogens with two attached hydrogens (primary N) is 1. The Morgan fingerprint density at radius 3 is 2.71 bits per heavy atom. The Labute approximate surface area is 158 Å². The molecule has 8 nitrogen and oxygen atoms in total. The van der Waals surface area contributed by atoms with E-state index in [2.05, 4.69) is 10.3 Å². The number of carboxylic acids is 1. The van der Waals surface area contributed by atoms with Gasteiger partial charge in [-0.3, -0.25) is 9.79 Å². The lowest BCUT2D eigenvalue weighted by atomic mass is 9.84. The van der Waals surface area contributed by atoms with Gasteiger partial charge in [0.15, 0.2) is 5.54 Å². The van der Waals surface area contributed by atoms with Gasteiger partial charge < -0.3 is 26.6 Å². The molecule has 3 aliphatic rings. The number of carbonyl (C=O) groups excluding carboxylic acids is 1. The molecule has 0 aromatic carbocycles. The quantitative estimate of drug-likeness (QED) is 0.654. The van der Waals surface area contributed by atoms with Crippen LogP contribution in [0.15, 0.2) is 52.5 Å². The number of dihydropyridines is 1. The number of carboxylic acid groups (broad SMARTS) is 1. The minimum atomic E-state index is -3.07. The molecule has 2 heterocycles. The second kappa shape index (κ2) is 8.85. The fourth-order valence-corrected chi connectivity index (χ4v) is 2.58. The van der Waals surface area contributed by atoms with Crippen LogP contribution in [-0.4, -0.2) is 60.5 Å². The number of hydrogen-bond acceptors (Lipinski definition) is 6. The van der Waals surface area contributed by atoms with Crippen molar-refractivity contribution >= 4 is 17.6 Å². The molecule has 1 aliphatic carbocycles. The molecule has 0 aromatic rings. The van der Waals surface area contributed by atoms with E-state index in [1.54, 1.807) is 12.2 Å². The number of amidine groups is 1. The number of ketones is 1. The summed E-state index contributed by atoms with van der Waals surface area (Å²) in [6.45, 7) is 0.0481. The number of halogens is 3. The van der Waals surface area contributed by atoms with Crippen molar-refractivity contribution in [1.29, 1.82) is 0 Å². The average Bonchev–Trinajstić information content (AvgIpc) is 2.65. The van der Waals surface area contributed by atoms with Crippen molar-refractivity contribution < 1.29 is 32.6 Å². The van der Waals surface area contributed by atoms with Crippen LogP contribution in [0.3, 0.4) is 0 Å². The molecular weight excluding hydrogens is 381 g/mol. The molecule has 0 saturated heterocycles. The predicted octanol–water partition coefficient (Wildman–Crippen LogP) is 1.28. The average molecular weight is 399 g/mol. The fraction of sp³-hybridized carbons (Fsp3) is 0.353. The molecule has 0 amide bonds. The van der Waals surface area contributed by atoms with Crippen molar-refractivity contribution in [3.63, 3.8) is 0 Å². The van der Waals surface area contributed by atoms with E-state index in [4.69, 9.17) is 21.3 Å². The number of carbonyl (C=O) groups is 2. The van der Waals surface area contributed by atoms with Crippen molar-refractivity contribution in [3.8, 4) is 0 Å². The second-order valence-electron chi connectivity index (χ2n) is 5.99. The van der Waals surface area contributed by atoms with Gasteiger partial charge >= 0.3 is 5.97 Å². The van der Waals surface area contributed by atoms with Gasteiger partial charge in [-0.15, -0.1) is 0 Å². The van der Waals surface area contributed by atoms with E-state index < -0.39 is 47.8 Å². The highest BCUT2D eigenvalue weighted by Gasteiger charge is 2.48. The molecule has 0 aromatic heterocycles. The maximum absolute atomic E-state index is 13.8. The van der Waals surface area contributed by atoms with Crippen LogP contribution in [0.2, 0.25) is 0 Å². The number of rotatable bonds is 3. The van der Waals surface area contributed by atoms with E-state index in [0.717, 1.165) is 12.6 Å². The highest BCUT2D eigenvalue weighted by Crippen LogP contribution is 2.38. The highest BCUT2D eigenvalue weighted by molar-refractivity contribution is 5.99. The Kier molecular flexibility index (Phi) is 6.75. The largest absolute Gasteiger partial charge is 0.665 e. The third kappa shape index (κ3) is 4.67. The number of aliphatic carboxylic acids is 1. The van der Waals surface area contributed by atoms with Gasteiger partial charge in [-0.25, -0.2) is 18.0 Å². The van der Waals surface area contributed by atoms with E-state index in [0.29, 0.717) is 11.6 Å². The summed E-state index contributed by atoms with van der Waals surface area (Å²) in [5.41, 5.74) is 10.3. The van der Waals surface area contributed by atoms with E-state index in [1.165, 1.54) is 6.20 Å². The maximum atomic E-state index is 13.8. The summed E-state index contributed by atoms with van der Waals surface area (Å²) in [5.74, 6) is -3.01. The second-order valence-corrected chi connectivity index (χ2v) is 5.99. The molecule has 2 aliphatic heterocycles. The molecule has 0 fully saturated rings. The van der Waals surface area contributed by atoms with Gasteiger partial charge in [0.2, 0.25) is 0 Å². The van der Waals surface area contributed by atoms with E-state index in [-0.39, 0.29) is 12.4 Å². The summed E-state index contributed by atoms with van der Waals surface area (Å²) in [7, 11) is 0. The first-order valence-electron chi connectivity index (χ1n) is 8.05. The number of nitrogens with zero attached hydrogens (tertiary/aromatic N) is 1. The monoisotopic (exact) mass is 399 g/mol. The van der Waals surface area contributed by atoms with Crippen LogP contribution in [0.4, 0.5) is 13.2 Å². The number of aliphatic imine (C=N–C) groups is 1. The van der Waals surface area contributed by atoms with Gasteiger partial charge in [-0.1, -0.05) is 18.2 Å². The lowest BCUT2D eigenvalue weighted by Crippen LogP contribution is -2.49. The van der Waals surface area contributed by atoms with Crippen LogP contribution >= 0.6 is 0 Å². The summed E-state index contributed by atoms with van der Waals surface area (Å²) in [5, 5.41) is 11.2. The summed E-state index contributed by atoms with van der Waals surface area (Å²) >= 11 is 0. The first kappa shape index (κ1) is 21.4. The molecule has 1 unspecified atom stereocenters. The van der Waals surface area contributed by atoms with Gasteiger partial charge in [0, 0.05) is 24.4 Å². The Bertz CT molecular complexity index is 804. The minimum Gasteiger partial charge on any atom is -0.665 e. The first-order valence-corrected chi connectivity index (χ1v) is 8.05. The molecule has 11 heteroatoms. The molecular formula is C17H18F3N4O4-. The van der Waals surface area contributed by atoms with E-state index >= 15 is 0 Å². The third-order valence-electron chi connectivity index (χ3n) is 3.95. The smallest absolute Gasteiger partial charge is 0.337 e. The SMILES string of the molecule is O=C(O)C1=CNCC=C1.[NH-]C1C=C([C@]2(C(F)F)COCC(N)=N2)C(F)=CC1=O. The van der Waals surface area contributed by atoms with Gasteiger partial charge in [0.25, 0.3) is 6.43 Å². The summed E-state index contributed by atoms with van der Waals surface area (Å²) in [6, 6.07) is -1.43. The maximum Gasteiger partial charge on any atom is 0.337 e. The Balaban J connectivity index is 0.000000261. The molecule has 0 saturated carbocycles. The van der Waals surface area contributed by atoms with Crippen molar-refractivity contribution in [2.24, 2.45) is 10.7 Å². The molecule has 5 N–H and O–H groups in total. The topological polar surface area (TPSA) is 138 Å². The van der Waals surface area contributed by atoms with Gasteiger partial charge in [0.05, 0.1) is 12.2 Å². The molecule has 152 valence electrons. The van der Waals surface area contributed by atoms with E-state index in [9.17, 15) is 22.8 Å². The van der Waals surface area contributed by atoms with Crippen molar-refractivity contribution in [2.75, 3.05) is 19.8 Å². The van der Waals surface area contributed by atoms with Crippen LogP contribution in [0, 0.1) is 0 Å². The predicted molar refractivity (Wildman–Crippen MR) is 94.4 cm³/mol. The normalized spacial score (nSPS) is 26.9. The van der Waals surface area contributed by atoms with Gasteiger partial charge in [-0.05, 0) is 6.08 Å². The summed E-state index contributed by atoms with van der Waals surface area (Å²) in [6.07, 6.45) is 3.12. The van der Waals surface area contributed by atoms with Gasteiger partial charge in [-0.2, -0.15) is 0 Å². The number of nitrogens with one attached hydrogen (secondary N) is 2. The van der Waals surface area contributed by atoms with Gasteiger partial charge in [0.1, 0.15) is 24.1 Å². The number of hydrogen-bond donors (Lipinski definition) is 3. The zero-order valence-corrected chi connectivity index (χ0v) is 14.5. The van der Waals surface area contributed by atoms with Crippen molar-refractivity contribution in [2.45, 2.75) is 18.0 Å². The van der Waals surface area contributed by atoms with Crippen LogP contribution in [0.25, 0.3) is 5.73 Å². The molecule has 0 spiro atoms. The molecule has 0 radical (unpaired) electrons. The lowest BCUT2D eigenvalue weighted by molar-refractivity contribution is -0.132. The fourth-order valence-electron chi connectivity index (χ4n) is 2.58. The van der Waals surface area contributed by atoms with Crippen molar-refractivity contribution in [3.05, 3.63) is 53.2 Å². The minimum absolute atomic E-state index is 0.115. The number of ether oxygens (including phenoxy) is 1. The molecule has 3 rings (SSSR count). The lowest BCUT2D eigenvalue weighted by Gasteiger charge is -2.36. The highest BCUT2D eigenvalue weighted by atomic mass is 19.3. The number of alkyl halides is 2. The molecule has 0 bridgehead atoms. The van der Waals surface area contributed by atoms with Crippen LogP contribution in [0.1, 0.15) is 0 Å². The standard InChI is InChI=1S/C11H11F3N3O2.C6H7NO2/c12-6-2-8(18)7(15)1-5(6)11(10(13)14)4-19-3-9(16)17-11;8-6(9)5-2-1-3-7-4-5/h1-2,7,10,15H,3-4H2,(H2,16,17);1-2,4,7H,3H2,(H,8,9)/q-1;/t7?,11-;/m0./s1. The summed E-state index contributed by atoms with van der Waals surface area (Å²) < 4.78 is 45.3. The van der Waals surface area contributed by atoms with Crippen LogP contribution in [-0.2, 0) is 14.3 Å². The summed E-state index contributed by atoms with van der Waals surface area (Å²) in [4.78, 5) is 25.0. The van der Waals surface area contributed by atoms with Crippen molar-refractivity contribution in [1.82, 2.24) is 5.32 Å². The first-order chi connectivity index (χ1) is 13.2. The Hall–Kier alpha value is -2.92. The zero-order valence-electron chi connectivity index (χ0n) is 14.5. The molecule has 28 heavy (non-hydrogen) atoms.